The molecule has 0 saturated carbocycles. The first kappa shape index (κ1) is 18.1. The lowest BCUT2D eigenvalue weighted by molar-refractivity contribution is 1.02. The van der Waals surface area contributed by atoms with Crippen molar-refractivity contribution in [1.82, 2.24) is 10.2 Å². The normalized spacial score (nSPS) is 10.8. The highest BCUT2D eigenvalue weighted by molar-refractivity contribution is 6.02. The minimum Gasteiger partial charge on any atom is -0.364 e. The summed E-state index contributed by atoms with van der Waals surface area (Å²) in [7, 11) is 0. The van der Waals surface area contributed by atoms with Crippen molar-refractivity contribution in [2.75, 3.05) is 5.32 Å². The molecule has 0 aliphatic heterocycles. The summed E-state index contributed by atoms with van der Waals surface area (Å²) >= 11 is 0. The molecule has 5 rings (SSSR count). The van der Waals surface area contributed by atoms with E-state index in [1.54, 1.807) is 0 Å². The highest BCUT2D eigenvalue weighted by atomic mass is 15.2. The SMILES string of the molecule is c1ccc(CNc2nnc(-c3ccccc3-c3ccccc3)c3ccccc23)cc1. The van der Waals surface area contributed by atoms with Crippen molar-refractivity contribution < 1.29 is 0 Å². The van der Waals surface area contributed by atoms with Crippen LogP contribution in [0.4, 0.5) is 5.82 Å². The van der Waals surface area contributed by atoms with Crippen LogP contribution >= 0.6 is 0 Å². The fraction of sp³-hybridized carbons (Fsp3) is 0.0370. The topological polar surface area (TPSA) is 37.8 Å². The van der Waals surface area contributed by atoms with E-state index in [4.69, 9.17) is 0 Å². The molecule has 3 nitrogen and oxygen atoms in total. The second kappa shape index (κ2) is 8.18. The van der Waals surface area contributed by atoms with Gasteiger partial charge in [0.15, 0.2) is 5.82 Å². The first-order chi connectivity index (χ1) is 14.9. The summed E-state index contributed by atoms with van der Waals surface area (Å²) in [5.74, 6) is 0.801. The Morgan fingerprint density at radius 2 is 1.13 bits per heavy atom. The Kier molecular flexibility index (Phi) is 4.93. The molecule has 144 valence electrons. The number of anilines is 1. The van der Waals surface area contributed by atoms with Gasteiger partial charge < -0.3 is 5.32 Å². The molecule has 30 heavy (non-hydrogen) atoms. The van der Waals surface area contributed by atoms with E-state index in [1.165, 1.54) is 11.1 Å². The summed E-state index contributed by atoms with van der Waals surface area (Å²) < 4.78 is 0. The van der Waals surface area contributed by atoms with Crippen LogP contribution in [-0.4, -0.2) is 10.2 Å². The van der Waals surface area contributed by atoms with Gasteiger partial charge in [-0.1, -0.05) is 109 Å². The lowest BCUT2D eigenvalue weighted by Crippen LogP contribution is -2.04. The molecule has 4 aromatic carbocycles. The Morgan fingerprint density at radius 3 is 1.90 bits per heavy atom. The lowest BCUT2D eigenvalue weighted by atomic mass is 9.95. The maximum absolute atomic E-state index is 4.66. The van der Waals surface area contributed by atoms with Gasteiger partial charge in [-0.05, 0) is 16.7 Å². The van der Waals surface area contributed by atoms with E-state index in [9.17, 15) is 0 Å². The number of benzene rings is 4. The molecule has 1 N–H and O–H groups in total. The molecule has 0 saturated heterocycles. The second-order valence-corrected chi connectivity index (χ2v) is 7.19. The van der Waals surface area contributed by atoms with Gasteiger partial charge in [0.1, 0.15) is 5.69 Å². The molecule has 0 spiro atoms. The Hall–Kier alpha value is -3.98. The highest BCUT2D eigenvalue weighted by Crippen LogP contribution is 2.35. The third-order valence-corrected chi connectivity index (χ3v) is 5.26. The Labute approximate surface area is 176 Å². The fourth-order valence-electron chi connectivity index (χ4n) is 3.77. The number of nitrogens with zero attached hydrogens (tertiary/aromatic N) is 2. The quantitative estimate of drug-likeness (QED) is 0.370. The molecule has 0 atom stereocenters. The zero-order valence-corrected chi connectivity index (χ0v) is 16.5. The monoisotopic (exact) mass is 387 g/mol. The largest absolute Gasteiger partial charge is 0.364 e. The minimum atomic E-state index is 0.708. The first-order valence-corrected chi connectivity index (χ1v) is 10.1. The molecule has 5 aromatic rings. The number of hydrogen-bond donors (Lipinski definition) is 1. The maximum Gasteiger partial charge on any atom is 0.156 e. The number of hydrogen-bond acceptors (Lipinski definition) is 3. The van der Waals surface area contributed by atoms with E-state index < -0.39 is 0 Å². The molecule has 0 radical (unpaired) electrons. The lowest BCUT2D eigenvalue weighted by Gasteiger charge is -2.14. The van der Waals surface area contributed by atoms with Gasteiger partial charge in [0, 0.05) is 22.9 Å². The van der Waals surface area contributed by atoms with Gasteiger partial charge in [0.2, 0.25) is 0 Å². The van der Waals surface area contributed by atoms with Crippen molar-refractivity contribution in [2.45, 2.75) is 6.54 Å². The molecular weight excluding hydrogens is 366 g/mol. The average Bonchev–Trinajstić information content (AvgIpc) is 2.84. The molecule has 0 amide bonds. The van der Waals surface area contributed by atoms with E-state index in [-0.39, 0.29) is 0 Å². The summed E-state index contributed by atoms with van der Waals surface area (Å²) in [4.78, 5) is 0. The van der Waals surface area contributed by atoms with Gasteiger partial charge in [0.25, 0.3) is 0 Å². The van der Waals surface area contributed by atoms with Crippen molar-refractivity contribution in [1.29, 1.82) is 0 Å². The zero-order chi connectivity index (χ0) is 20.2. The third-order valence-electron chi connectivity index (χ3n) is 5.26. The summed E-state index contributed by atoms with van der Waals surface area (Å²) in [6.45, 7) is 0.708. The number of aromatic nitrogens is 2. The minimum absolute atomic E-state index is 0.708. The van der Waals surface area contributed by atoms with E-state index >= 15 is 0 Å². The number of fused-ring (bicyclic) bond motifs is 1. The Bertz CT molecular complexity index is 1280. The van der Waals surface area contributed by atoms with Gasteiger partial charge in [-0.2, -0.15) is 0 Å². The maximum atomic E-state index is 4.66. The standard InChI is InChI=1S/C27H21N3/c1-3-11-20(12-4-1)19-28-27-25-18-10-9-17-24(25)26(29-30-27)23-16-8-7-15-22(23)21-13-5-2-6-14-21/h1-18H,19H2,(H,28,30). The molecule has 0 aliphatic rings. The van der Waals surface area contributed by atoms with Crippen molar-refractivity contribution in [3.8, 4) is 22.4 Å². The van der Waals surface area contributed by atoms with Crippen molar-refractivity contribution >= 4 is 16.6 Å². The van der Waals surface area contributed by atoms with Crippen LogP contribution < -0.4 is 5.32 Å². The van der Waals surface area contributed by atoms with Crippen molar-refractivity contribution in [3.05, 3.63) is 115 Å². The van der Waals surface area contributed by atoms with E-state index in [1.807, 2.05) is 30.3 Å². The molecule has 0 fully saturated rings. The van der Waals surface area contributed by atoms with Crippen LogP contribution in [0.5, 0.6) is 0 Å². The van der Waals surface area contributed by atoms with E-state index in [0.29, 0.717) is 6.54 Å². The van der Waals surface area contributed by atoms with Gasteiger partial charge in [-0.15, -0.1) is 10.2 Å². The van der Waals surface area contributed by atoms with Crippen LogP contribution in [0.25, 0.3) is 33.2 Å². The van der Waals surface area contributed by atoms with Crippen LogP contribution in [-0.2, 0) is 6.54 Å². The smallest absolute Gasteiger partial charge is 0.156 e. The summed E-state index contributed by atoms with van der Waals surface area (Å²) in [6, 6.07) is 37.5. The average molecular weight is 387 g/mol. The predicted octanol–water partition coefficient (Wildman–Crippen LogP) is 6.58. The molecule has 0 aliphatic carbocycles. The van der Waals surface area contributed by atoms with Crippen molar-refractivity contribution in [3.63, 3.8) is 0 Å². The predicted molar refractivity (Wildman–Crippen MR) is 124 cm³/mol. The number of rotatable bonds is 5. The second-order valence-electron chi connectivity index (χ2n) is 7.19. The Morgan fingerprint density at radius 1 is 0.533 bits per heavy atom. The molecule has 1 heterocycles. The van der Waals surface area contributed by atoms with Crippen LogP contribution in [0.2, 0.25) is 0 Å². The zero-order valence-electron chi connectivity index (χ0n) is 16.5. The van der Waals surface area contributed by atoms with E-state index in [0.717, 1.165) is 33.4 Å². The fourth-order valence-corrected chi connectivity index (χ4v) is 3.77. The van der Waals surface area contributed by atoms with Gasteiger partial charge in [-0.25, -0.2) is 0 Å². The number of nitrogens with one attached hydrogen (secondary N) is 1. The Balaban J connectivity index is 1.59. The van der Waals surface area contributed by atoms with Gasteiger partial charge >= 0.3 is 0 Å². The summed E-state index contributed by atoms with van der Waals surface area (Å²) in [5.41, 5.74) is 5.52. The molecule has 0 bridgehead atoms. The van der Waals surface area contributed by atoms with Crippen LogP contribution in [0.3, 0.4) is 0 Å². The molecule has 0 unspecified atom stereocenters. The first-order valence-electron chi connectivity index (χ1n) is 10.1. The molecule has 3 heteroatoms. The molecule has 1 aromatic heterocycles. The summed E-state index contributed by atoms with van der Waals surface area (Å²) in [6.07, 6.45) is 0. The van der Waals surface area contributed by atoms with Gasteiger partial charge in [-0.3, -0.25) is 0 Å². The third kappa shape index (κ3) is 3.53. The van der Waals surface area contributed by atoms with Crippen LogP contribution in [0.1, 0.15) is 5.56 Å². The van der Waals surface area contributed by atoms with E-state index in [2.05, 4.69) is 94.4 Å². The molecular formula is C27H21N3. The highest BCUT2D eigenvalue weighted by Gasteiger charge is 2.14. The van der Waals surface area contributed by atoms with Crippen molar-refractivity contribution in [2.24, 2.45) is 0 Å². The van der Waals surface area contributed by atoms with Crippen LogP contribution in [0, 0.1) is 0 Å². The summed E-state index contributed by atoms with van der Waals surface area (Å²) in [5, 5.41) is 14.9. The van der Waals surface area contributed by atoms with Gasteiger partial charge in [0.05, 0.1) is 0 Å². The van der Waals surface area contributed by atoms with Crippen LogP contribution in [0.15, 0.2) is 109 Å².